The van der Waals surface area contributed by atoms with Crippen molar-refractivity contribution in [2.75, 3.05) is 31.0 Å². The van der Waals surface area contributed by atoms with Crippen LogP contribution in [0.15, 0.2) is 47.1 Å². The van der Waals surface area contributed by atoms with Crippen LogP contribution in [-0.2, 0) is 9.84 Å². The average molecular weight is 431 g/mol. The molecule has 0 spiro atoms. The van der Waals surface area contributed by atoms with Crippen molar-refractivity contribution in [1.82, 2.24) is 9.78 Å². The topological polar surface area (TPSA) is 113 Å². The number of ether oxygens (including phenoxy) is 2. The van der Waals surface area contributed by atoms with Crippen LogP contribution in [0.2, 0.25) is 0 Å². The Morgan fingerprint density at radius 2 is 2.07 bits per heavy atom. The summed E-state index contributed by atoms with van der Waals surface area (Å²) in [6, 6.07) is 9.65. The molecule has 1 amide bonds. The van der Waals surface area contributed by atoms with Gasteiger partial charge in [-0.25, -0.2) is 13.1 Å². The summed E-state index contributed by atoms with van der Waals surface area (Å²) < 4.78 is 41.4. The van der Waals surface area contributed by atoms with Crippen LogP contribution in [0.4, 0.5) is 5.82 Å². The summed E-state index contributed by atoms with van der Waals surface area (Å²) in [6.07, 6.45) is 1.95. The van der Waals surface area contributed by atoms with Gasteiger partial charge in [-0.05, 0) is 30.7 Å². The monoisotopic (exact) mass is 431 g/mol. The molecular formula is C20H21N3O6S. The number of furan rings is 1. The molecule has 1 saturated heterocycles. The Bertz CT molecular complexity index is 1170. The molecule has 10 heteroatoms. The zero-order valence-corrected chi connectivity index (χ0v) is 17.3. The number of sulfone groups is 1. The summed E-state index contributed by atoms with van der Waals surface area (Å²) in [7, 11) is -0.142. The van der Waals surface area contributed by atoms with Gasteiger partial charge in [-0.1, -0.05) is 0 Å². The van der Waals surface area contributed by atoms with E-state index in [4.69, 9.17) is 13.9 Å². The number of carbonyl (C=O) groups is 1. The van der Waals surface area contributed by atoms with E-state index in [1.165, 1.54) is 20.5 Å². The van der Waals surface area contributed by atoms with E-state index in [9.17, 15) is 13.2 Å². The van der Waals surface area contributed by atoms with Crippen LogP contribution in [0.25, 0.3) is 11.5 Å². The number of hydrogen-bond donors (Lipinski definition) is 1. The van der Waals surface area contributed by atoms with E-state index in [1.807, 2.05) is 0 Å². The minimum atomic E-state index is -3.13. The summed E-state index contributed by atoms with van der Waals surface area (Å²) in [5.41, 5.74) is 0.811. The Kier molecular flexibility index (Phi) is 5.25. The van der Waals surface area contributed by atoms with Gasteiger partial charge < -0.3 is 19.2 Å². The summed E-state index contributed by atoms with van der Waals surface area (Å²) >= 11 is 0. The molecule has 0 aliphatic carbocycles. The molecule has 9 nitrogen and oxygen atoms in total. The van der Waals surface area contributed by atoms with Crippen LogP contribution in [-0.4, -0.2) is 49.8 Å². The van der Waals surface area contributed by atoms with Crippen LogP contribution in [0.1, 0.15) is 22.8 Å². The Morgan fingerprint density at radius 3 is 2.70 bits per heavy atom. The maximum atomic E-state index is 13.0. The molecule has 30 heavy (non-hydrogen) atoms. The van der Waals surface area contributed by atoms with E-state index < -0.39 is 15.7 Å². The fourth-order valence-electron chi connectivity index (χ4n) is 3.45. The average Bonchev–Trinajstić information content (AvgIpc) is 3.47. The molecule has 0 bridgehead atoms. The lowest BCUT2D eigenvalue weighted by atomic mass is 10.1. The highest BCUT2D eigenvalue weighted by Gasteiger charge is 2.32. The zero-order valence-electron chi connectivity index (χ0n) is 16.5. The van der Waals surface area contributed by atoms with Gasteiger partial charge in [0.1, 0.15) is 23.0 Å². The zero-order chi connectivity index (χ0) is 21.3. The number of rotatable bonds is 6. The van der Waals surface area contributed by atoms with Crippen LogP contribution in [0, 0.1) is 0 Å². The number of amides is 1. The van der Waals surface area contributed by atoms with Gasteiger partial charge in [0, 0.05) is 12.1 Å². The normalized spacial score (nSPS) is 17.6. The van der Waals surface area contributed by atoms with Gasteiger partial charge in [-0.15, -0.1) is 0 Å². The fourth-order valence-corrected chi connectivity index (χ4v) is 5.14. The molecule has 3 aromatic rings. The molecule has 0 radical (unpaired) electrons. The summed E-state index contributed by atoms with van der Waals surface area (Å²) in [4.78, 5) is 13.0. The Balaban J connectivity index is 1.68. The molecule has 0 saturated carbocycles. The molecule has 1 aliphatic rings. The maximum Gasteiger partial charge on any atom is 0.260 e. The van der Waals surface area contributed by atoms with E-state index in [0.29, 0.717) is 40.8 Å². The van der Waals surface area contributed by atoms with Crippen molar-refractivity contribution in [2.24, 2.45) is 0 Å². The Morgan fingerprint density at radius 1 is 1.23 bits per heavy atom. The van der Waals surface area contributed by atoms with Gasteiger partial charge in [0.15, 0.2) is 15.6 Å². The second-order valence-electron chi connectivity index (χ2n) is 6.91. The summed E-state index contributed by atoms with van der Waals surface area (Å²) in [5.74, 6) is 1.47. The van der Waals surface area contributed by atoms with E-state index in [-0.39, 0.29) is 17.5 Å². The van der Waals surface area contributed by atoms with Gasteiger partial charge >= 0.3 is 0 Å². The first kappa shape index (κ1) is 20.0. The van der Waals surface area contributed by atoms with Crippen LogP contribution in [0.5, 0.6) is 11.5 Å². The number of carbonyl (C=O) groups excluding carboxylic acids is 1. The molecule has 1 atom stereocenters. The number of nitrogens with zero attached hydrogens (tertiary/aromatic N) is 2. The van der Waals surface area contributed by atoms with E-state index in [2.05, 4.69) is 10.4 Å². The van der Waals surface area contributed by atoms with Crippen molar-refractivity contribution in [2.45, 2.75) is 12.5 Å². The predicted molar refractivity (Wildman–Crippen MR) is 110 cm³/mol. The number of benzene rings is 1. The molecule has 1 unspecified atom stereocenters. The lowest BCUT2D eigenvalue weighted by Gasteiger charge is -2.15. The highest BCUT2D eigenvalue weighted by Crippen LogP contribution is 2.31. The van der Waals surface area contributed by atoms with Crippen molar-refractivity contribution < 1.29 is 27.1 Å². The van der Waals surface area contributed by atoms with Gasteiger partial charge in [0.2, 0.25) is 0 Å². The van der Waals surface area contributed by atoms with Gasteiger partial charge in [0.05, 0.1) is 43.6 Å². The maximum absolute atomic E-state index is 13.0. The first-order valence-electron chi connectivity index (χ1n) is 9.27. The standard InChI is InChI=1S/C20H21N3O6S/c1-27-14-5-6-15(18(10-14)28-2)20(24)21-19-11-16(17-4-3-8-29-17)22-23(19)13-7-9-30(25,26)12-13/h3-6,8,10-11,13H,7,9,12H2,1-2H3,(H,21,24). The molecule has 4 rings (SSSR count). The minimum absolute atomic E-state index is 0.0268. The van der Waals surface area contributed by atoms with E-state index >= 15 is 0 Å². The second kappa shape index (κ2) is 7.86. The fraction of sp³-hybridized carbons (Fsp3) is 0.300. The minimum Gasteiger partial charge on any atom is -0.497 e. The van der Waals surface area contributed by atoms with Crippen molar-refractivity contribution in [3.05, 3.63) is 48.2 Å². The predicted octanol–water partition coefficient (Wildman–Crippen LogP) is 2.77. The molecule has 1 aliphatic heterocycles. The van der Waals surface area contributed by atoms with Crippen LogP contribution in [0.3, 0.4) is 0 Å². The molecule has 1 aromatic carbocycles. The lowest BCUT2D eigenvalue weighted by Crippen LogP contribution is -2.20. The second-order valence-corrected chi connectivity index (χ2v) is 9.14. The molecule has 1 fully saturated rings. The summed E-state index contributed by atoms with van der Waals surface area (Å²) in [6.45, 7) is 0. The first-order chi connectivity index (χ1) is 14.4. The van der Waals surface area contributed by atoms with Gasteiger partial charge in [0.25, 0.3) is 5.91 Å². The lowest BCUT2D eigenvalue weighted by molar-refractivity contribution is 0.102. The number of nitrogens with one attached hydrogen (secondary N) is 1. The van der Waals surface area contributed by atoms with Gasteiger partial charge in [-0.3, -0.25) is 4.79 Å². The largest absolute Gasteiger partial charge is 0.497 e. The molecule has 3 heterocycles. The molecule has 158 valence electrons. The van der Waals surface area contributed by atoms with Crippen molar-refractivity contribution in [1.29, 1.82) is 0 Å². The number of hydrogen-bond acceptors (Lipinski definition) is 7. The van der Waals surface area contributed by atoms with Crippen LogP contribution < -0.4 is 14.8 Å². The van der Waals surface area contributed by atoms with Gasteiger partial charge in [-0.2, -0.15) is 5.10 Å². The van der Waals surface area contributed by atoms with E-state index in [1.54, 1.807) is 41.1 Å². The number of aromatic nitrogens is 2. The Labute approximate surface area is 173 Å². The molecule has 2 aromatic heterocycles. The van der Waals surface area contributed by atoms with Crippen LogP contribution >= 0.6 is 0 Å². The number of anilines is 1. The summed E-state index contributed by atoms with van der Waals surface area (Å²) in [5, 5.41) is 7.34. The SMILES string of the molecule is COc1ccc(C(=O)Nc2cc(-c3ccco3)nn2C2CCS(=O)(=O)C2)c(OC)c1. The number of methoxy groups -OCH3 is 2. The molecule has 1 N–H and O–H groups in total. The molecular weight excluding hydrogens is 410 g/mol. The highest BCUT2D eigenvalue weighted by atomic mass is 32.2. The van der Waals surface area contributed by atoms with Crippen molar-refractivity contribution >= 4 is 21.6 Å². The Hall–Kier alpha value is -3.27. The third-order valence-corrected chi connectivity index (χ3v) is 6.71. The van der Waals surface area contributed by atoms with Crippen molar-refractivity contribution in [3.63, 3.8) is 0 Å². The third-order valence-electron chi connectivity index (χ3n) is 4.96. The van der Waals surface area contributed by atoms with Crippen molar-refractivity contribution in [3.8, 4) is 23.0 Å². The quantitative estimate of drug-likeness (QED) is 0.638. The highest BCUT2D eigenvalue weighted by molar-refractivity contribution is 7.91. The van der Waals surface area contributed by atoms with E-state index in [0.717, 1.165) is 0 Å². The first-order valence-corrected chi connectivity index (χ1v) is 11.1. The smallest absolute Gasteiger partial charge is 0.260 e. The third kappa shape index (κ3) is 3.90.